The van der Waals surface area contributed by atoms with Crippen molar-refractivity contribution in [1.82, 2.24) is 0 Å². The number of aliphatic hydroxyl groups is 1. The molecule has 0 spiro atoms. The van der Waals surface area contributed by atoms with E-state index in [0.717, 1.165) is 19.3 Å². The second-order valence-corrected chi connectivity index (χ2v) is 4.17. The molecule has 2 rings (SSSR count). The number of fused-ring (bicyclic) bond motifs is 1. The van der Waals surface area contributed by atoms with E-state index in [2.05, 4.69) is 6.92 Å². The van der Waals surface area contributed by atoms with E-state index in [0.29, 0.717) is 0 Å². The minimum absolute atomic E-state index is 0.119. The molecule has 2 nitrogen and oxygen atoms in total. The standard InChI is InChI=1S/C10H18O2/c1-2-3-6-10-7-4-5-8(11)9(10)12-10/h8-9,11H,2-7H2,1H3/t8-,9-,10+/m0/s1. The average molecular weight is 170 g/mol. The zero-order valence-electron chi connectivity index (χ0n) is 7.75. The molecule has 12 heavy (non-hydrogen) atoms. The van der Waals surface area contributed by atoms with Gasteiger partial charge in [0.2, 0.25) is 0 Å². The second kappa shape index (κ2) is 3.00. The number of hydrogen-bond donors (Lipinski definition) is 1. The molecule has 2 fully saturated rings. The van der Waals surface area contributed by atoms with Gasteiger partial charge in [0.1, 0.15) is 6.10 Å². The van der Waals surface area contributed by atoms with Gasteiger partial charge in [-0.3, -0.25) is 0 Å². The van der Waals surface area contributed by atoms with E-state index >= 15 is 0 Å². The van der Waals surface area contributed by atoms with Crippen LogP contribution in [0.5, 0.6) is 0 Å². The number of ether oxygens (including phenoxy) is 1. The fraction of sp³-hybridized carbons (Fsp3) is 1.00. The summed E-state index contributed by atoms with van der Waals surface area (Å²) >= 11 is 0. The molecule has 0 aromatic carbocycles. The third-order valence-electron chi connectivity index (χ3n) is 3.23. The van der Waals surface area contributed by atoms with Crippen molar-refractivity contribution in [2.24, 2.45) is 0 Å². The SMILES string of the molecule is CCCC[C@@]12CCC[C@H](O)[C@@H]1O2. The highest BCUT2D eigenvalue weighted by atomic mass is 16.6. The van der Waals surface area contributed by atoms with Gasteiger partial charge in [-0.2, -0.15) is 0 Å². The summed E-state index contributed by atoms with van der Waals surface area (Å²) in [4.78, 5) is 0. The summed E-state index contributed by atoms with van der Waals surface area (Å²) in [6, 6.07) is 0. The van der Waals surface area contributed by atoms with Crippen molar-refractivity contribution in [3.8, 4) is 0 Å². The molecule has 1 saturated carbocycles. The van der Waals surface area contributed by atoms with E-state index < -0.39 is 0 Å². The van der Waals surface area contributed by atoms with Crippen LogP contribution in [0.15, 0.2) is 0 Å². The van der Waals surface area contributed by atoms with E-state index in [1.165, 1.54) is 19.3 Å². The fourth-order valence-electron chi connectivity index (χ4n) is 2.41. The van der Waals surface area contributed by atoms with E-state index in [9.17, 15) is 5.11 Å². The highest BCUT2D eigenvalue weighted by Gasteiger charge is 2.60. The van der Waals surface area contributed by atoms with E-state index in [-0.39, 0.29) is 17.8 Å². The quantitative estimate of drug-likeness (QED) is 0.656. The van der Waals surface area contributed by atoms with Crippen molar-refractivity contribution in [3.05, 3.63) is 0 Å². The lowest BCUT2D eigenvalue weighted by molar-refractivity contribution is 0.122. The molecular weight excluding hydrogens is 152 g/mol. The Bertz CT molecular complexity index is 169. The summed E-state index contributed by atoms with van der Waals surface area (Å²) in [6.45, 7) is 2.20. The van der Waals surface area contributed by atoms with E-state index in [1.807, 2.05) is 0 Å². The molecule has 2 heteroatoms. The first-order valence-corrected chi connectivity index (χ1v) is 5.14. The molecule has 2 aliphatic rings. The summed E-state index contributed by atoms with van der Waals surface area (Å²) < 4.78 is 5.63. The minimum atomic E-state index is -0.171. The minimum Gasteiger partial charge on any atom is -0.390 e. The molecule has 1 aliphatic carbocycles. The second-order valence-electron chi connectivity index (χ2n) is 4.17. The van der Waals surface area contributed by atoms with Gasteiger partial charge in [-0.1, -0.05) is 19.8 Å². The van der Waals surface area contributed by atoms with Gasteiger partial charge in [0.05, 0.1) is 11.7 Å². The molecule has 0 aromatic rings. The maximum Gasteiger partial charge on any atom is 0.113 e. The van der Waals surface area contributed by atoms with Crippen LogP contribution in [0, 0.1) is 0 Å². The third-order valence-corrected chi connectivity index (χ3v) is 3.23. The van der Waals surface area contributed by atoms with Crippen molar-refractivity contribution in [2.75, 3.05) is 0 Å². The van der Waals surface area contributed by atoms with Gasteiger partial charge in [-0.05, 0) is 25.7 Å². The molecule has 0 bridgehead atoms. The molecule has 1 heterocycles. The van der Waals surface area contributed by atoms with Gasteiger partial charge < -0.3 is 9.84 Å². The predicted molar refractivity (Wildman–Crippen MR) is 47.0 cm³/mol. The van der Waals surface area contributed by atoms with Crippen LogP contribution in [0.3, 0.4) is 0 Å². The molecule has 0 amide bonds. The van der Waals surface area contributed by atoms with Crippen molar-refractivity contribution < 1.29 is 9.84 Å². The maximum atomic E-state index is 9.56. The van der Waals surface area contributed by atoms with Crippen LogP contribution in [0.1, 0.15) is 45.4 Å². The molecule has 70 valence electrons. The zero-order chi connectivity index (χ0) is 8.60. The Labute approximate surface area is 73.9 Å². The molecule has 0 radical (unpaired) electrons. The third kappa shape index (κ3) is 1.27. The first-order valence-electron chi connectivity index (χ1n) is 5.14. The highest BCUT2D eigenvalue weighted by molar-refractivity contribution is 5.08. The van der Waals surface area contributed by atoms with Crippen LogP contribution in [0.2, 0.25) is 0 Å². The monoisotopic (exact) mass is 170 g/mol. The molecule has 1 aliphatic heterocycles. The Morgan fingerprint density at radius 2 is 2.42 bits per heavy atom. The fourth-order valence-corrected chi connectivity index (χ4v) is 2.41. The summed E-state index contributed by atoms with van der Waals surface area (Å²) in [5.74, 6) is 0. The predicted octanol–water partition coefficient (Wildman–Crippen LogP) is 1.86. The molecule has 0 aromatic heterocycles. The lowest BCUT2D eigenvalue weighted by atomic mass is 9.84. The summed E-state index contributed by atoms with van der Waals surface area (Å²) in [6.07, 6.45) is 6.91. The number of epoxide rings is 1. The number of hydrogen-bond acceptors (Lipinski definition) is 2. The normalized spacial score (nSPS) is 45.5. The Morgan fingerprint density at radius 3 is 3.17 bits per heavy atom. The largest absolute Gasteiger partial charge is 0.390 e. The van der Waals surface area contributed by atoms with Gasteiger partial charge in [0, 0.05) is 0 Å². The number of aliphatic hydroxyl groups excluding tert-OH is 1. The lowest BCUT2D eigenvalue weighted by Crippen LogP contribution is -2.29. The maximum absolute atomic E-state index is 9.56. The first-order chi connectivity index (χ1) is 5.78. The van der Waals surface area contributed by atoms with Crippen molar-refractivity contribution in [1.29, 1.82) is 0 Å². The van der Waals surface area contributed by atoms with Gasteiger partial charge in [-0.25, -0.2) is 0 Å². The topological polar surface area (TPSA) is 32.8 Å². The highest BCUT2D eigenvalue weighted by Crippen LogP contribution is 2.50. The van der Waals surface area contributed by atoms with Gasteiger partial charge in [0.15, 0.2) is 0 Å². The van der Waals surface area contributed by atoms with Gasteiger partial charge in [0.25, 0.3) is 0 Å². The van der Waals surface area contributed by atoms with Gasteiger partial charge in [-0.15, -0.1) is 0 Å². The molecule has 1 saturated heterocycles. The molecule has 3 atom stereocenters. The van der Waals surface area contributed by atoms with Crippen LogP contribution in [-0.4, -0.2) is 22.9 Å². The first kappa shape index (κ1) is 8.52. The lowest BCUT2D eigenvalue weighted by Gasteiger charge is -2.20. The summed E-state index contributed by atoms with van der Waals surface area (Å²) in [7, 11) is 0. The Balaban J connectivity index is 1.88. The van der Waals surface area contributed by atoms with Crippen molar-refractivity contribution >= 4 is 0 Å². The van der Waals surface area contributed by atoms with Crippen LogP contribution in [-0.2, 0) is 4.74 Å². The number of rotatable bonds is 3. The molecular formula is C10H18O2. The Hall–Kier alpha value is -0.0800. The van der Waals surface area contributed by atoms with Gasteiger partial charge >= 0.3 is 0 Å². The molecule has 1 N–H and O–H groups in total. The zero-order valence-corrected chi connectivity index (χ0v) is 7.75. The van der Waals surface area contributed by atoms with E-state index in [1.54, 1.807) is 0 Å². The van der Waals surface area contributed by atoms with E-state index in [4.69, 9.17) is 4.74 Å². The van der Waals surface area contributed by atoms with Crippen LogP contribution < -0.4 is 0 Å². The smallest absolute Gasteiger partial charge is 0.113 e. The van der Waals surface area contributed by atoms with Crippen LogP contribution >= 0.6 is 0 Å². The Morgan fingerprint density at radius 1 is 1.58 bits per heavy atom. The van der Waals surface area contributed by atoms with Crippen molar-refractivity contribution in [2.45, 2.75) is 63.3 Å². The summed E-state index contributed by atoms with van der Waals surface area (Å²) in [5.41, 5.74) is 0.119. The molecule has 0 unspecified atom stereocenters. The Kier molecular flexibility index (Phi) is 2.13. The number of unbranched alkanes of at least 4 members (excludes halogenated alkanes) is 1. The summed E-state index contributed by atoms with van der Waals surface area (Å²) in [5, 5.41) is 9.56. The van der Waals surface area contributed by atoms with Crippen molar-refractivity contribution in [3.63, 3.8) is 0 Å². The van der Waals surface area contributed by atoms with Crippen LogP contribution in [0.25, 0.3) is 0 Å². The average Bonchev–Trinajstić information content (AvgIpc) is 2.78. The van der Waals surface area contributed by atoms with Crippen LogP contribution in [0.4, 0.5) is 0 Å².